The largest absolute Gasteiger partial charge is 0.496 e. The second-order valence-electron chi connectivity index (χ2n) is 5.71. The Morgan fingerprint density at radius 3 is 2.63 bits per heavy atom. The highest BCUT2D eigenvalue weighted by atomic mass is 32.2. The summed E-state index contributed by atoms with van der Waals surface area (Å²) in [7, 11) is 3.31. The van der Waals surface area contributed by atoms with Gasteiger partial charge in [-0.1, -0.05) is 42.1 Å². The van der Waals surface area contributed by atoms with Crippen molar-refractivity contribution < 1.29 is 9.47 Å². The summed E-state index contributed by atoms with van der Waals surface area (Å²) in [6, 6.07) is 17.6. The number of rotatable bonds is 8. The van der Waals surface area contributed by atoms with E-state index in [4.69, 9.17) is 9.47 Å². The summed E-state index contributed by atoms with van der Waals surface area (Å²) in [6.07, 6.45) is 0. The number of aromatic nitrogens is 3. The van der Waals surface area contributed by atoms with Gasteiger partial charge in [-0.15, -0.1) is 10.2 Å². The molecule has 1 aromatic heterocycles. The number of thioether (sulfide) groups is 1. The van der Waals surface area contributed by atoms with Crippen LogP contribution in [0, 0.1) is 11.3 Å². The molecule has 1 heterocycles. The number of methoxy groups -OCH3 is 2. The Labute approximate surface area is 162 Å². The molecule has 6 nitrogen and oxygen atoms in total. The topological polar surface area (TPSA) is 73.0 Å². The number of hydrogen-bond acceptors (Lipinski definition) is 6. The summed E-state index contributed by atoms with van der Waals surface area (Å²) in [5, 5.41) is 18.8. The third-order valence-electron chi connectivity index (χ3n) is 4.08. The number of para-hydroxylation sites is 1. The molecule has 2 aromatic carbocycles. The van der Waals surface area contributed by atoms with Crippen LogP contribution in [-0.4, -0.2) is 35.6 Å². The quantitative estimate of drug-likeness (QED) is 0.554. The molecule has 0 bridgehead atoms. The Hall–Kier alpha value is -2.82. The molecule has 27 heavy (non-hydrogen) atoms. The van der Waals surface area contributed by atoms with Gasteiger partial charge in [-0.25, -0.2) is 0 Å². The Kier molecular flexibility index (Phi) is 6.47. The van der Waals surface area contributed by atoms with Crippen LogP contribution in [0.3, 0.4) is 0 Å². The van der Waals surface area contributed by atoms with Crippen molar-refractivity contribution in [3.63, 3.8) is 0 Å². The summed E-state index contributed by atoms with van der Waals surface area (Å²) in [6.45, 7) is 1.17. The van der Waals surface area contributed by atoms with Crippen LogP contribution in [0.4, 0.5) is 0 Å². The fourth-order valence-corrected chi connectivity index (χ4v) is 3.67. The molecular formula is C20H20N4O2S. The second kappa shape index (κ2) is 9.21. The lowest BCUT2D eigenvalue weighted by Gasteiger charge is -2.12. The van der Waals surface area contributed by atoms with Gasteiger partial charge in [0.05, 0.1) is 37.5 Å². The van der Waals surface area contributed by atoms with Gasteiger partial charge < -0.3 is 9.47 Å². The molecule has 138 valence electrons. The van der Waals surface area contributed by atoms with Crippen molar-refractivity contribution >= 4 is 11.8 Å². The maximum Gasteiger partial charge on any atom is 0.191 e. The van der Waals surface area contributed by atoms with E-state index < -0.39 is 0 Å². The highest BCUT2D eigenvalue weighted by molar-refractivity contribution is 7.98. The van der Waals surface area contributed by atoms with Crippen LogP contribution < -0.4 is 4.74 Å². The fourth-order valence-electron chi connectivity index (χ4n) is 2.71. The molecule has 0 spiro atoms. The zero-order valence-electron chi connectivity index (χ0n) is 15.3. The molecule has 3 rings (SSSR count). The van der Waals surface area contributed by atoms with Crippen molar-refractivity contribution in [1.82, 2.24) is 14.8 Å². The van der Waals surface area contributed by atoms with E-state index in [-0.39, 0.29) is 0 Å². The summed E-state index contributed by atoms with van der Waals surface area (Å²) < 4.78 is 12.8. The SMILES string of the molecule is COCCn1c(SCc2ccccc2C#N)nnc1-c1ccccc1OC. The minimum Gasteiger partial charge on any atom is -0.496 e. The van der Waals surface area contributed by atoms with Gasteiger partial charge in [-0.3, -0.25) is 4.57 Å². The van der Waals surface area contributed by atoms with E-state index in [2.05, 4.69) is 16.3 Å². The molecule has 0 amide bonds. The first-order chi connectivity index (χ1) is 13.3. The van der Waals surface area contributed by atoms with E-state index in [0.717, 1.165) is 27.9 Å². The molecule has 7 heteroatoms. The Balaban J connectivity index is 1.92. The first-order valence-corrected chi connectivity index (χ1v) is 9.43. The number of ether oxygens (including phenoxy) is 2. The van der Waals surface area contributed by atoms with Gasteiger partial charge in [0.25, 0.3) is 0 Å². The molecule has 0 radical (unpaired) electrons. The summed E-state index contributed by atoms with van der Waals surface area (Å²) in [5.41, 5.74) is 2.54. The standard InChI is InChI=1S/C20H20N4O2S/c1-25-12-11-24-19(17-9-5-6-10-18(17)26-2)22-23-20(24)27-14-16-8-4-3-7-15(16)13-21/h3-10H,11-12,14H2,1-2H3. The number of nitriles is 1. The van der Waals surface area contributed by atoms with Gasteiger partial charge in [0.15, 0.2) is 11.0 Å². The predicted molar refractivity (Wildman–Crippen MR) is 105 cm³/mol. The molecule has 0 unspecified atom stereocenters. The highest BCUT2D eigenvalue weighted by Crippen LogP contribution is 2.32. The normalized spacial score (nSPS) is 10.6. The van der Waals surface area contributed by atoms with Crippen molar-refractivity contribution in [1.29, 1.82) is 5.26 Å². The van der Waals surface area contributed by atoms with Crippen molar-refractivity contribution in [3.8, 4) is 23.2 Å². The summed E-state index contributed by atoms with van der Waals surface area (Å²) in [5.74, 6) is 2.12. The third kappa shape index (κ3) is 4.30. The number of benzene rings is 2. The van der Waals surface area contributed by atoms with Gasteiger partial charge >= 0.3 is 0 Å². The van der Waals surface area contributed by atoms with Crippen LogP contribution in [0.2, 0.25) is 0 Å². The molecule has 0 N–H and O–H groups in total. The van der Waals surface area contributed by atoms with Gasteiger partial charge in [0.1, 0.15) is 5.75 Å². The molecule has 0 saturated carbocycles. The fraction of sp³-hybridized carbons (Fsp3) is 0.250. The van der Waals surface area contributed by atoms with Crippen LogP contribution >= 0.6 is 11.8 Å². The minimum atomic E-state index is 0.544. The average molecular weight is 380 g/mol. The van der Waals surface area contributed by atoms with Gasteiger partial charge in [0.2, 0.25) is 0 Å². The molecule has 3 aromatic rings. The Morgan fingerprint density at radius 1 is 1.07 bits per heavy atom. The van der Waals surface area contributed by atoms with E-state index in [9.17, 15) is 5.26 Å². The van der Waals surface area contributed by atoms with Crippen molar-refractivity contribution in [3.05, 3.63) is 59.7 Å². The van der Waals surface area contributed by atoms with Crippen LogP contribution in [0.25, 0.3) is 11.4 Å². The maximum atomic E-state index is 9.27. The molecule has 0 aliphatic rings. The zero-order chi connectivity index (χ0) is 19.1. The number of nitrogens with zero attached hydrogens (tertiary/aromatic N) is 4. The molecule has 0 fully saturated rings. The predicted octanol–water partition coefficient (Wildman–Crippen LogP) is 3.76. The second-order valence-corrected chi connectivity index (χ2v) is 6.65. The van der Waals surface area contributed by atoms with Crippen molar-refractivity contribution in [2.45, 2.75) is 17.5 Å². The first-order valence-electron chi connectivity index (χ1n) is 8.44. The molecule has 0 atom stereocenters. The van der Waals surface area contributed by atoms with Crippen LogP contribution in [0.5, 0.6) is 5.75 Å². The number of hydrogen-bond donors (Lipinski definition) is 0. The summed E-state index contributed by atoms with van der Waals surface area (Å²) >= 11 is 1.55. The van der Waals surface area contributed by atoms with Crippen LogP contribution in [0.15, 0.2) is 53.7 Å². The van der Waals surface area contributed by atoms with Crippen LogP contribution in [-0.2, 0) is 17.0 Å². The minimum absolute atomic E-state index is 0.544. The smallest absolute Gasteiger partial charge is 0.191 e. The Bertz CT molecular complexity index is 949. The Morgan fingerprint density at radius 2 is 1.85 bits per heavy atom. The zero-order valence-corrected chi connectivity index (χ0v) is 16.1. The van der Waals surface area contributed by atoms with E-state index in [0.29, 0.717) is 24.5 Å². The van der Waals surface area contributed by atoms with Crippen molar-refractivity contribution in [2.24, 2.45) is 0 Å². The highest BCUT2D eigenvalue weighted by Gasteiger charge is 2.17. The van der Waals surface area contributed by atoms with E-state index in [1.165, 1.54) is 0 Å². The van der Waals surface area contributed by atoms with Gasteiger partial charge in [0, 0.05) is 12.9 Å². The average Bonchev–Trinajstić information content (AvgIpc) is 3.13. The maximum absolute atomic E-state index is 9.27. The van der Waals surface area contributed by atoms with Crippen molar-refractivity contribution in [2.75, 3.05) is 20.8 Å². The first kappa shape index (κ1) is 19.0. The molecular weight excluding hydrogens is 360 g/mol. The molecule has 0 aliphatic carbocycles. The molecule has 0 saturated heterocycles. The lowest BCUT2D eigenvalue weighted by atomic mass is 10.1. The van der Waals surface area contributed by atoms with Gasteiger partial charge in [-0.05, 0) is 23.8 Å². The van der Waals surface area contributed by atoms with E-state index in [1.807, 2.05) is 53.1 Å². The van der Waals surface area contributed by atoms with E-state index in [1.54, 1.807) is 26.0 Å². The monoisotopic (exact) mass is 380 g/mol. The molecule has 0 aliphatic heterocycles. The third-order valence-corrected chi connectivity index (χ3v) is 5.09. The lowest BCUT2D eigenvalue weighted by Crippen LogP contribution is -2.08. The van der Waals surface area contributed by atoms with Crippen LogP contribution in [0.1, 0.15) is 11.1 Å². The summed E-state index contributed by atoms with van der Waals surface area (Å²) in [4.78, 5) is 0. The van der Waals surface area contributed by atoms with Gasteiger partial charge in [-0.2, -0.15) is 5.26 Å². The van der Waals surface area contributed by atoms with E-state index >= 15 is 0 Å². The lowest BCUT2D eigenvalue weighted by molar-refractivity contribution is 0.185.